The minimum absolute atomic E-state index is 0.0473. The zero-order valence-corrected chi connectivity index (χ0v) is 7.51. The van der Waals surface area contributed by atoms with Crippen LogP contribution in [0.4, 0.5) is 0 Å². The van der Waals surface area contributed by atoms with Crippen molar-refractivity contribution in [2.75, 3.05) is 5.75 Å². The Labute approximate surface area is 75.6 Å². The minimum atomic E-state index is -1.21. The van der Waals surface area contributed by atoms with E-state index in [-0.39, 0.29) is 11.3 Å². The van der Waals surface area contributed by atoms with Gasteiger partial charge in [-0.2, -0.15) is 12.6 Å². The second kappa shape index (κ2) is 4.82. The predicted octanol–water partition coefficient (Wildman–Crippen LogP) is 0.489. The Hall–Kier alpha value is -0.970. The standard InChI is InChI=1S/C7H10O4S/c1-4(2)7(10)11-5(3-12)6(8)9/h5,12H,1,3H2,2H3,(H,8,9). The number of esters is 1. The molecule has 1 atom stereocenters. The molecule has 0 spiro atoms. The van der Waals surface area contributed by atoms with Crippen LogP contribution < -0.4 is 0 Å². The number of thiol groups is 1. The third kappa shape index (κ3) is 3.43. The van der Waals surface area contributed by atoms with E-state index >= 15 is 0 Å². The molecular formula is C7H10O4S. The molecule has 0 saturated heterocycles. The number of carboxylic acids is 1. The van der Waals surface area contributed by atoms with Gasteiger partial charge in [-0.25, -0.2) is 9.59 Å². The minimum Gasteiger partial charge on any atom is -0.478 e. The van der Waals surface area contributed by atoms with Crippen molar-refractivity contribution in [1.82, 2.24) is 0 Å². The lowest BCUT2D eigenvalue weighted by molar-refractivity contribution is -0.159. The molecular weight excluding hydrogens is 180 g/mol. The highest BCUT2D eigenvalue weighted by Gasteiger charge is 2.20. The van der Waals surface area contributed by atoms with Gasteiger partial charge in [0.25, 0.3) is 0 Å². The lowest BCUT2D eigenvalue weighted by Gasteiger charge is -2.10. The molecule has 0 saturated carbocycles. The molecule has 5 heteroatoms. The largest absolute Gasteiger partial charge is 0.478 e. The fourth-order valence-corrected chi connectivity index (χ4v) is 0.626. The maximum absolute atomic E-state index is 10.8. The Balaban J connectivity index is 4.12. The van der Waals surface area contributed by atoms with Gasteiger partial charge < -0.3 is 9.84 Å². The fraction of sp³-hybridized carbons (Fsp3) is 0.429. The van der Waals surface area contributed by atoms with Gasteiger partial charge in [-0.05, 0) is 6.92 Å². The van der Waals surface area contributed by atoms with Crippen molar-refractivity contribution in [3.63, 3.8) is 0 Å². The Morgan fingerprint density at radius 2 is 2.17 bits per heavy atom. The number of aliphatic carboxylic acids is 1. The Morgan fingerprint density at radius 3 is 2.42 bits per heavy atom. The molecule has 0 aromatic heterocycles. The lowest BCUT2D eigenvalue weighted by Crippen LogP contribution is -2.28. The monoisotopic (exact) mass is 190 g/mol. The molecule has 0 fully saturated rings. The van der Waals surface area contributed by atoms with Gasteiger partial charge in [0, 0.05) is 11.3 Å². The summed E-state index contributed by atoms with van der Waals surface area (Å²) in [6.45, 7) is 4.75. The molecule has 0 aliphatic carbocycles. The van der Waals surface area contributed by atoms with E-state index in [2.05, 4.69) is 23.9 Å². The number of carboxylic acid groups (broad SMARTS) is 1. The molecule has 0 radical (unpaired) electrons. The molecule has 0 rings (SSSR count). The van der Waals surface area contributed by atoms with Gasteiger partial charge in [0.1, 0.15) is 0 Å². The van der Waals surface area contributed by atoms with E-state index in [0.717, 1.165) is 0 Å². The summed E-state index contributed by atoms with van der Waals surface area (Å²) in [6.07, 6.45) is -1.20. The van der Waals surface area contributed by atoms with Crippen LogP contribution in [0.5, 0.6) is 0 Å². The highest BCUT2D eigenvalue weighted by atomic mass is 32.1. The zero-order chi connectivity index (χ0) is 9.72. The van der Waals surface area contributed by atoms with Crippen LogP contribution in [0, 0.1) is 0 Å². The van der Waals surface area contributed by atoms with Crippen LogP contribution in [0.15, 0.2) is 12.2 Å². The molecule has 0 amide bonds. The first-order chi connectivity index (χ1) is 5.49. The molecule has 0 aliphatic rings. The Bertz CT molecular complexity index is 211. The summed E-state index contributed by atoms with van der Waals surface area (Å²) in [4.78, 5) is 21.1. The third-order valence-electron chi connectivity index (χ3n) is 1.04. The maximum atomic E-state index is 10.8. The first-order valence-electron chi connectivity index (χ1n) is 3.19. The highest BCUT2D eigenvalue weighted by molar-refractivity contribution is 7.80. The normalized spacial score (nSPS) is 11.8. The molecule has 0 heterocycles. The molecule has 0 aromatic carbocycles. The summed E-state index contributed by atoms with van der Waals surface area (Å²) < 4.78 is 4.51. The maximum Gasteiger partial charge on any atom is 0.345 e. The number of hydrogen-bond donors (Lipinski definition) is 2. The summed E-state index contributed by atoms with van der Waals surface area (Å²) in [6, 6.07) is 0. The molecule has 12 heavy (non-hydrogen) atoms. The number of carbonyl (C=O) groups is 2. The number of ether oxygens (including phenoxy) is 1. The second-order valence-corrected chi connectivity index (χ2v) is 2.56. The molecule has 1 unspecified atom stereocenters. The van der Waals surface area contributed by atoms with Crippen LogP contribution in [0.25, 0.3) is 0 Å². The van der Waals surface area contributed by atoms with Crippen LogP contribution in [0.1, 0.15) is 6.92 Å². The van der Waals surface area contributed by atoms with Crippen molar-refractivity contribution >= 4 is 24.6 Å². The van der Waals surface area contributed by atoms with Gasteiger partial charge in [0.05, 0.1) is 0 Å². The van der Waals surface area contributed by atoms with Crippen LogP contribution in [0.3, 0.4) is 0 Å². The van der Waals surface area contributed by atoms with Gasteiger partial charge >= 0.3 is 11.9 Å². The van der Waals surface area contributed by atoms with Crippen LogP contribution in [-0.2, 0) is 14.3 Å². The topological polar surface area (TPSA) is 63.6 Å². The van der Waals surface area contributed by atoms with E-state index < -0.39 is 18.0 Å². The molecule has 1 N–H and O–H groups in total. The van der Waals surface area contributed by atoms with Crippen molar-refractivity contribution in [3.05, 3.63) is 12.2 Å². The molecule has 0 aromatic rings. The predicted molar refractivity (Wildman–Crippen MR) is 46.2 cm³/mol. The number of hydrogen-bond acceptors (Lipinski definition) is 4. The fourth-order valence-electron chi connectivity index (χ4n) is 0.396. The summed E-state index contributed by atoms with van der Waals surface area (Å²) in [7, 11) is 0. The van der Waals surface area contributed by atoms with E-state index in [0.29, 0.717) is 0 Å². The van der Waals surface area contributed by atoms with E-state index in [4.69, 9.17) is 5.11 Å². The van der Waals surface area contributed by atoms with E-state index in [1.165, 1.54) is 6.92 Å². The Morgan fingerprint density at radius 1 is 1.67 bits per heavy atom. The first-order valence-corrected chi connectivity index (χ1v) is 3.82. The van der Waals surface area contributed by atoms with Crippen LogP contribution >= 0.6 is 12.6 Å². The summed E-state index contributed by atoms with van der Waals surface area (Å²) >= 11 is 3.71. The van der Waals surface area contributed by atoms with Crippen LogP contribution in [-0.4, -0.2) is 28.9 Å². The summed E-state index contributed by atoms with van der Waals surface area (Å²) in [5, 5.41) is 8.45. The van der Waals surface area contributed by atoms with Crippen molar-refractivity contribution in [2.45, 2.75) is 13.0 Å². The van der Waals surface area contributed by atoms with Gasteiger partial charge in [-0.3, -0.25) is 0 Å². The average Bonchev–Trinajstić information content (AvgIpc) is 1.98. The van der Waals surface area contributed by atoms with Crippen LogP contribution in [0.2, 0.25) is 0 Å². The number of rotatable bonds is 4. The van der Waals surface area contributed by atoms with Crippen molar-refractivity contribution in [2.24, 2.45) is 0 Å². The van der Waals surface area contributed by atoms with Crippen molar-refractivity contribution in [1.29, 1.82) is 0 Å². The van der Waals surface area contributed by atoms with E-state index in [9.17, 15) is 9.59 Å². The molecule has 0 bridgehead atoms. The van der Waals surface area contributed by atoms with Gasteiger partial charge in [-0.15, -0.1) is 0 Å². The third-order valence-corrected chi connectivity index (χ3v) is 1.37. The molecule has 4 nitrogen and oxygen atoms in total. The van der Waals surface area contributed by atoms with Gasteiger partial charge in [0.2, 0.25) is 6.10 Å². The van der Waals surface area contributed by atoms with E-state index in [1.807, 2.05) is 0 Å². The Kier molecular flexibility index (Phi) is 4.43. The molecule has 0 aliphatic heterocycles. The highest BCUT2D eigenvalue weighted by Crippen LogP contribution is 2.00. The summed E-state index contributed by atoms with van der Waals surface area (Å²) in [5.74, 6) is -1.97. The smallest absolute Gasteiger partial charge is 0.345 e. The second-order valence-electron chi connectivity index (χ2n) is 2.20. The van der Waals surface area contributed by atoms with Gasteiger partial charge in [-0.1, -0.05) is 6.58 Å². The summed E-state index contributed by atoms with van der Waals surface area (Å²) in [5.41, 5.74) is 0.169. The molecule has 68 valence electrons. The van der Waals surface area contributed by atoms with Crippen molar-refractivity contribution in [3.8, 4) is 0 Å². The van der Waals surface area contributed by atoms with E-state index in [1.54, 1.807) is 0 Å². The zero-order valence-electron chi connectivity index (χ0n) is 6.61. The van der Waals surface area contributed by atoms with Crippen molar-refractivity contribution < 1.29 is 19.4 Å². The first kappa shape index (κ1) is 11.0. The average molecular weight is 190 g/mol. The lowest BCUT2D eigenvalue weighted by atomic mass is 10.3. The quantitative estimate of drug-likeness (QED) is 0.384. The SMILES string of the molecule is C=C(C)C(=O)OC(CS)C(=O)O. The van der Waals surface area contributed by atoms with Gasteiger partial charge in [0.15, 0.2) is 0 Å². The number of carbonyl (C=O) groups excluding carboxylic acids is 1.